The van der Waals surface area contributed by atoms with E-state index in [2.05, 4.69) is 5.32 Å². The quantitative estimate of drug-likeness (QED) is 0.284. The van der Waals surface area contributed by atoms with Crippen LogP contribution in [0.5, 0.6) is 0 Å². The molecule has 0 bridgehead atoms. The summed E-state index contributed by atoms with van der Waals surface area (Å²) >= 11 is 12.3. The minimum absolute atomic E-state index is 0.0311. The van der Waals surface area contributed by atoms with Gasteiger partial charge >= 0.3 is 0 Å². The standard InChI is InChI=1S/C29H33Cl2N3O4S/c1-4-21(3)32-29(36)27(5-2)33(19-22-14-16-23(30)17-15-22)28(35)20-34(25-11-9-10-24(31)18-25)39(37,38)26-12-7-6-8-13-26/h6-18,21,27H,4-5,19-20H2,1-3H3,(H,32,36)/t21-,27+/m0/s1. The van der Waals surface area contributed by atoms with Crippen LogP contribution in [0, 0.1) is 0 Å². The second-order valence-electron chi connectivity index (χ2n) is 9.19. The first kappa shape index (κ1) is 30.5. The van der Waals surface area contributed by atoms with Crippen LogP contribution in [0.3, 0.4) is 0 Å². The molecule has 0 fully saturated rings. The van der Waals surface area contributed by atoms with E-state index in [4.69, 9.17) is 23.2 Å². The predicted octanol–water partition coefficient (Wildman–Crippen LogP) is 5.91. The monoisotopic (exact) mass is 589 g/mol. The molecule has 2 amide bonds. The number of sulfonamides is 1. The molecule has 10 heteroatoms. The van der Waals surface area contributed by atoms with Gasteiger partial charge in [0.15, 0.2) is 0 Å². The van der Waals surface area contributed by atoms with Gasteiger partial charge in [0.25, 0.3) is 10.0 Å². The Bertz CT molecular complexity index is 1370. The number of nitrogens with zero attached hydrogens (tertiary/aromatic N) is 2. The molecule has 1 N–H and O–H groups in total. The van der Waals surface area contributed by atoms with Crippen molar-refractivity contribution < 1.29 is 18.0 Å². The first-order chi connectivity index (χ1) is 18.6. The molecule has 0 unspecified atom stereocenters. The SMILES string of the molecule is CC[C@H](C(=O)N[C@@H](C)CC)N(Cc1ccc(Cl)cc1)C(=O)CN(c1cccc(Cl)c1)S(=O)(=O)c1ccccc1. The smallest absolute Gasteiger partial charge is 0.264 e. The van der Waals surface area contributed by atoms with Crippen LogP contribution in [0.1, 0.15) is 39.2 Å². The van der Waals surface area contributed by atoms with Crippen LogP contribution in [-0.4, -0.2) is 43.8 Å². The first-order valence-electron chi connectivity index (χ1n) is 12.7. The third kappa shape index (κ3) is 7.97. The van der Waals surface area contributed by atoms with E-state index in [9.17, 15) is 18.0 Å². The average molecular weight is 591 g/mol. The molecule has 39 heavy (non-hydrogen) atoms. The second-order valence-corrected chi connectivity index (χ2v) is 11.9. The Kier molecular flexibility index (Phi) is 10.8. The molecule has 0 aliphatic carbocycles. The molecule has 0 radical (unpaired) electrons. The molecular weight excluding hydrogens is 557 g/mol. The zero-order valence-corrected chi connectivity index (χ0v) is 24.5. The number of carbonyl (C=O) groups is 2. The molecule has 3 aromatic rings. The van der Waals surface area contributed by atoms with Crippen molar-refractivity contribution in [2.45, 2.75) is 57.1 Å². The van der Waals surface area contributed by atoms with Crippen LogP contribution in [0.25, 0.3) is 0 Å². The number of nitrogens with one attached hydrogen (secondary N) is 1. The fraction of sp³-hybridized carbons (Fsp3) is 0.310. The molecule has 0 saturated carbocycles. The molecule has 2 atom stereocenters. The van der Waals surface area contributed by atoms with Crippen molar-refractivity contribution in [2.75, 3.05) is 10.8 Å². The lowest BCUT2D eigenvalue weighted by atomic mass is 10.1. The van der Waals surface area contributed by atoms with Gasteiger partial charge in [-0.2, -0.15) is 0 Å². The van der Waals surface area contributed by atoms with E-state index < -0.39 is 28.5 Å². The average Bonchev–Trinajstić information content (AvgIpc) is 2.92. The molecule has 0 aliphatic heterocycles. The van der Waals surface area contributed by atoms with Gasteiger partial charge in [0.05, 0.1) is 10.6 Å². The van der Waals surface area contributed by atoms with E-state index in [-0.39, 0.29) is 29.1 Å². The van der Waals surface area contributed by atoms with E-state index in [0.717, 1.165) is 16.3 Å². The summed E-state index contributed by atoms with van der Waals surface area (Å²) in [5, 5.41) is 3.82. The molecular formula is C29H33Cl2N3O4S. The summed E-state index contributed by atoms with van der Waals surface area (Å²) in [7, 11) is -4.14. The lowest BCUT2D eigenvalue weighted by Crippen LogP contribution is -2.53. The van der Waals surface area contributed by atoms with Crippen LogP contribution >= 0.6 is 23.2 Å². The number of hydrogen-bond acceptors (Lipinski definition) is 4. The highest BCUT2D eigenvalue weighted by atomic mass is 35.5. The van der Waals surface area contributed by atoms with Gasteiger partial charge < -0.3 is 10.2 Å². The maximum absolute atomic E-state index is 14.0. The van der Waals surface area contributed by atoms with Gasteiger partial charge in [0.2, 0.25) is 11.8 Å². The first-order valence-corrected chi connectivity index (χ1v) is 14.9. The number of amides is 2. The summed E-state index contributed by atoms with van der Waals surface area (Å²) in [5.74, 6) is -0.829. The van der Waals surface area contributed by atoms with Crippen molar-refractivity contribution in [3.8, 4) is 0 Å². The summed E-state index contributed by atoms with van der Waals surface area (Å²) < 4.78 is 28.6. The number of halogens is 2. The molecule has 0 aromatic heterocycles. The zero-order valence-electron chi connectivity index (χ0n) is 22.2. The summed E-state index contributed by atoms with van der Waals surface area (Å²) in [6.07, 6.45) is 1.06. The number of benzene rings is 3. The Hall–Kier alpha value is -3.07. The summed E-state index contributed by atoms with van der Waals surface area (Å²) in [4.78, 5) is 28.7. The largest absolute Gasteiger partial charge is 0.352 e. The highest BCUT2D eigenvalue weighted by Crippen LogP contribution is 2.27. The van der Waals surface area contributed by atoms with Crippen LogP contribution < -0.4 is 9.62 Å². The lowest BCUT2D eigenvalue weighted by molar-refractivity contribution is -0.140. The van der Waals surface area contributed by atoms with Crippen molar-refractivity contribution in [1.82, 2.24) is 10.2 Å². The topological polar surface area (TPSA) is 86.8 Å². The van der Waals surface area contributed by atoms with Crippen LogP contribution in [0.2, 0.25) is 10.0 Å². The van der Waals surface area contributed by atoms with E-state index in [1.807, 2.05) is 20.8 Å². The maximum atomic E-state index is 14.0. The maximum Gasteiger partial charge on any atom is 0.264 e. The predicted molar refractivity (Wildman–Crippen MR) is 156 cm³/mol. The molecule has 0 spiro atoms. The van der Waals surface area contributed by atoms with E-state index in [0.29, 0.717) is 16.5 Å². The van der Waals surface area contributed by atoms with Crippen LogP contribution in [-0.2, 0) is 26.2 Å². The van der Waals surface area contributed by atoms with Gasteiger partial charge in [0, 0.05) is 22.6 Å². The van der Waals surface area contributed by atoms with Crippen molar-refractivity contribution in [3.05, 3.63) is 94.5 Å². The fourth-order valence-electron chi connectivity index (χ4n) is 4.03. The van der Waals surface area contributed by atoms with Gasteiger partial charge in [0.1, 0.15) is 12.6 Å². The molecule has 7 nitrogen and oxygen atoms in total. The highest BCUT2D eigenvalue weighted by molar-refractivity contribution is 7.92. The van der Waals surface area contributed by atoms with Crippen molar-refractivity contribution in [3.63, 3.8) is 0 Å². The minimum Gasteiger partial charge on any atom is -0.352 e. The molecule has 0 heterocycles. The number of hydrogen-bond donors (Lipinski definition) is 1. The zero-order chi connectivity index (χ0) is 28.6. The number of rotatable bonds is 12. The number of anilines is 1. The van der Waals surface area contributed by atoms with Crippen molar-refractivity contribution in [2.24, 2.45) is 0 Å². The summed E-state index contributed by atoms with van der Waals surface area (Å²) in [6.45, 7) is 5.23. The Morgan fingerprint density at radius 1 is 0.872 bits per heavy atom. The fourth-order valence-corrected chi connectivity index (χ4v) is 5.76. The Morgan fingerprint density at radius 3 is 2.13 bits per heavy atom. The molecule has 0 saturated heterocycles. The molecule has 3 rings (SSSR count). The minimum atomic E-state index is -4.14. The Balaban J connectivity index is 2.04. The normalized spacial score (nSPS) is 12.8. The Labute approximate surface area is 240 Å². The molecule has 3 aromatic carbocycles. The van der Waals surface area contributed by atoms with E-state index in [1.165, 1.54) is 23.1 Å². The van der Waals surface area contributed by atoms with E-state index in [1.54, 1.807) is 60.7 Å². The lowest BCUT2D eigenvalue weighted by Gasteiger charge is -2.33. The third-order valence-electron chi connectivity index (χ3n) is 6.36. The van der Waals surface area contributed by atoms with Crippen LogP contribution in [0.4, 0.5) is 5.69 Å². The van der Waals surface area contributed by atoms with Gasteiger partial charge in [-0.3, -0.25) is 13.9 Å². The summed E-state index contributed by atoms with van der Waals surface area (Å²) in [6, 6.07) is 20.3. The number of carbonyl (C=O) groups excluding carboxylic acids is 2. The van der Waals surface area contributed by atoms with Gasteiger partial charge in [-0.1, -0.05) is 73.4 Å². The van der Waals surface area contributed by atoms with Gasteiger partial charge in [-0.25, -0.2) is 8.42 Å². The summed E-state index contributed by atoms with van der Waals surface area (Å²) in [5.41, 5.74) is 0.992. The van der Waals surface area contributed by atoms with Crippen LogP contribution in [0.15, 0.2) is 83.8 Å². The molecule has 208 valence electrons. The van der Waals surface area contributed by atoms with E-state index >= 15 is 0 Å². The van der Waals surface area contributed by atoms with Crippen molar-refractivity contribution in [1.29, 1.82) is 0 Å². The second kappa shape index (κ2) is 13.8. The third-order valence-corrected chi connectivity index (χ3v) is 8.63. The van der Waals surface area contributed by atoms with Gasteiger partial charge in [-0.15, -0.1) is 0 Å². The van der Waals surface area contributed by atoms with Crippen molar-refractivity contribution >= 4 is 50.7 Å². The Morgan fingerprint density at radius 2 is 1.54 bits per heavy atom. The molecule has 0 aliphatic rings. The highest BCUT2D eigenvalue weighted by Gasteiger charge is 2.34. The van der Waals surface area contributed by atoms with Gasteiger partial charge in [-0.05, 0) is 67.8 Å².